The van der Waals surface area contributed by atoms with E-state index in [1.165, 1.54) is 25.7 Å². The molecule has 2 aromatic rings. The Bertz CT molecular complexity index is 700. The van der Waals surface area contributed by atoms with Gasteiger partial charge in [-0.25, -0.2) is 0 Å². The molecule has 0 bridgehead atoms. The van der Waals surface area contributed by atoms with E-state index in [1.807, 2.05) is 16.8 Å². The Morgan fingerprint density at radius 2 is 1.92 bits per heavy atom. The summed E-state index contributed by atoms with van der Waals surface area (Å²) in [6.45, 7) is 2.32. The van der Waals surface area contributed by atoms with Gasteiger partial charge in [0.1, 0.15) is 0 Å². The van der Waals surface area contributed by atoms with E-state index in [2.05, 4.69) is 22.0 Å². The number of aromatic nitrogens is 2. The predicted octanol–water partition coefficient (Wildman–Crippen LogP) is 4.30. The summed E-state index contributed by atoms with van der Waals surface area (Å²) in [5.41, 5.74) is 0.950. The van der Waals surface area contributed by atoms with E-state index in [1.54, 1.807) is 11.3 Å². The number of amides is 1. The molecule has 0 aliphatic heterocycles. The van der Waals surface area contributed by atoms with Gasteiger partial charge in [-0.05, 0) is 55.9 Å². The van der Waals surface area contributed by atoms with Crippen LogP contribution in [-0.4, -0.2) is 33.1 Å². The number of thiophene rings is 1. The molecule has 2 aliphatic carbocycles. The Labute approximate surface area is 152 Å². The zero-order chi connectivity index (χ0) is 17.2. The Morgan fingerprint density at radius 1 is 1.20 bits per heavy atom. The van der Waals surface area contributed by atoms with Crippen molar-refractivity contribution in [2.24, 2.45) is 5.92 Å². The van der Waals surface area contributed by atoms with E-state index in [0.29, 0.717) is 36.7 Å². The Balaban J connectivity index is 1.35. The fourth-order valence-electron chi connectivity index (χ4n) is 3.78. The van der Waals surface area contributed by atoms with Crippen LogP contribution in [0.5, 0.6) is 0 Å². The van der Waals surface area contributed by atoms with Crippen LogP contribution in [-0.2, 0) is 11.2 Å². The molecular formula is C19H25N3O2S. The number of aryl methyl sites for hydroxylation is 1. The summed E-state index contributed by atoms with van der Waals surface area (Å²) in [6, 6.07) is 2.89. The highest BCUT2D eigenvalue weighted by molar-refractivity contribution is 7.08. The lowest BCUT2D eigenvalue weighted by atomic mass is 9.86. The van der Waals surface area contributed by atoms with E-state index in [4.69, 9.17) is 4.42 Å². The molecule has 2 heterocycles. The first kappa shape index (κ1) is 16.8. The van der Waals surface area contributed by atoms with Crippen LogP contribution in [0, 0.1) is 5.92 Å². The van der Waals surface area contributed by atoms with E-state index < -0.39 is 0 Å². The molecule has 25 heavy (non-hydrogen) atoms. The predicted molar refractivity (Wildman–Crippen MR) is 97.2 cm³/mol. The van der Waals surface area contributed by atoms with Crippen LogP contribution in [0.1, 0.15) is 57.8 Å². The fourth-order valence-corrected chi connectivity index (χ4v) is 4.41. The maximum atomic E-state index is 12.9. The van der Waals surface area contributed by atoms with Crippen LogP contribution in [0.4, 0.5) is 0 Å². The van der Waals surface area contributed by atoms with Crippen LogP contribution in [0.3, 0.4) is 0 Å². The molecule has 2 aliphatic rings. The summed E-state index contributed by atoms with van der Waals surface area (Å²) in [5.74, 6) is 2.17. The van der Waals surface area contributed by atoms with Gasteiger partial charge < -0.3 is 9.32 Å². The SMILES string of the molecule is CC1CCC(N(C(=O)CCc2nnc(-c3ccsc3)o2)C2CC2)CC1. The molecule has 4 rings (SSSR count). The highest BCUT2D eigenvalue weighted by Gasteiger charge is 2.38. The average Bonchev–Trinajstić information content (AvgIpc) is 3.12. The molecule has 134 valence electrons. The third-order valence-electron chi connectivity index (χ3n) is 5.39. The molecule has 1 amide bonds. The van der Waals surface area contributed by atoms with Crippen molar-refractivity contribution in [1.82, 2.24) is 15.1 Å². The molecule has 0 unspecified atom stereocenters. The zero-order valence-electron chi connectivity index (χ0n) is 14.7. The Morgan fingerprint density at radius 3 is 2.56 bits per heavy atom. The fraction of sp³-hybridized carbons (Fsp3) is 0.632. The van der Waals surface area contributed by atoms with Crippen molar-refractivity contribution in [3.63, 3.8) is 0 Å². The highest BCUT2D eigenvalue weighted by atomic mass is 32.1. The lowest BCUT2D eigenvalue weighted by Crippen LogP contribution is -2.43. The first-order valence-corrected chi connectivity index (χ1v) is 10.3. The van der Waals surface area contributed by atoms with Crippen molar-refractivity contribution in [2.45, 2.75) is 70.4 Å². The van der Waals surface area contributed by atoms with Gasteiger partial charge in [0.25, 0.3) is 0 Å². The summed E-state index contributed by atoms with van der Waals surface area (Å²) in [5, 5.41) is 12.2. The molecule has 5 nitrogen and oxygen atoms in total. The van der Waals surface area contributed by atoms with Crippen molar-refractivity contribution in [3.8, 4) is 11.5 Å². The van der Waals surface area contributed by atoms with Crippen molar-refractivity contribution in [2.75, 3.05) is 0 Å². The number of rotatable bonds is 6. The molecule has 2 aromatic heterocycles. The van der Waals surface area contributed by atoms with Gasteiger partial charge >= 0.3 is 0 Å². The summed E-state index contributed by atoms with van der Waals surface area (Å²) in [4.78, 5) is 15.0. The van der Waals surface area contributed by atoms with E-state index >= 15 is 0 Å². The molecule has 0 aromatic carbocycles. The van der Waals surface area contributed by atoms with Gasteiger partial charge in [0.05, 0.1) is 0 Å². The molecular weight excluding hydrogens is 334 g/mol. The third-order valence-corrected chi connectivity index (χ3v) is 6.08. The Hall–Kier alpha value is -1.69. The van der Waals surface area contributed by atoms with Crippen molar-refractivity contribution in [1.29, 1.82) is 0 Å². The minimum Gasteiger partial charge on any atom is -0.421 e. The standard InChI is InChI=1S/C19H25N3O2S/c1-13-2-4-15(5-3-13)22(16-6-7-16)18(23)9-8-17-20-21-19(24-17)14-10-11-25-12-14/h10-13,15-16H,2-9H2,1H3. The number of carbonyl (C=O) groups is 1. The minimum absolute atomic E-state index is 0.261. The number of hydrogen-bond donors (Lipinski definition) is 0. The number of nitrogens with zero attached hydrogens (tertiary/aromatic N) is 3. The molecule has 6 heteroatoms. The van der Waals surface area contributed by atoms with Gasteiger partial charge in [0.15, 0.2) is 0 Å². The quantitative estimate of drug-likeness (QED) is 0.771. The van der Waals surface area contributed by atoms with E-state index in [9.17, 15) is 4.79 Å². The molecule has 2 saturated carbocycles. The highest BCUT2D eigenvalue weighted by Crippen LogP contribution is 2.35. The molecule has 2 fully saturated rings. The van der Waals surface area contributed by atoms with Crippen LogP contribution in [0.15, 0.2) is 21.2 Å². The smallest absolute Gasteiger partial charge is 0.248 e. The normalized spacial score (nSPS) is 23.6. The van der Waals surface area contributed by atoms with Crippen LogP contribution >= 0.6 is 11.3 Å². The first-order chi connectivity index (χ1) is 12.2. The van der Waals surface area contributed by atoms with Gasteiger partial charge in [-0.15, -0.1) is 10.2 Å². The zero-order valence-corrected chi connectivity index (χ0v) is 15.5. The maximum Gasteiger partial charge on any atom is 0.248 e. The Kier molecular flexibility index (Phi) is 4.88. The second kappa shape index (κ2) is 7.28. The number of hydrogen-bond acceptors (Lipinski definition) is 5. The largest absolute Gasteiger partial charge is 0.421 e. The molecule has 0 atom stereocenters. The van der Waals surface area contributed by atoms with E-state index in [-0.39, 0.29) is 5.91 Å². The molecule has 0 N–H and O–H groups in total. The van der Waals surface area contributed by atoms with Gasteiger partial charge in [0.2, 0.25) is 17.7 Å². The number of carbonyl (C=O) groups excluding carboxylic acids is 1. The molecule has 0 saturated heterocycles. The summed E-state index contributed by atoms with van der Waals surface area (Å²) < 4.78 is 5.71. The van der Waals surface area contributed by atoms with Crippen LogP contribution < -0.4 is 0 Å². The first-order valence-electron chi connectivity index (χ1n) is 9.37. The van der Waals surface area contributed by atoms with Crippen LogP contribution in [0.2, 0.25) is 0 Å². The van der Waals surface area contributed by atoms with Gasteiger partial charge in [0, 0.05) is 35.9 Å². The third kappa shape index (κ3) is 3.94. The molecule has 0 radical (unpaired) electrons. The van der Waals surface area contributed by atoms with Gasteiger partial charge in [-0.1, -0.05) is 6.92 Å². The second-order valence-electron chi connectivity index (χ2n) is 7.46. The monoisotopic (exact) mass is 359 g/mol. The summed E-state index contributed by atoms with van der Waals surface area (Å²) >= 11 is 1.60. The van der Waals surface area contributed by atoms with Crippen molar-refractivity contribution in [3.05, 3.63) is 22.7 Å². The van der Waals surface area contributed by atoms with Gasteiger partial charge in [-0.2, -0.15) is 11.3 Å². The lowest BCUT2D eigenvalue weighted by Gasteiger charge is -2.36. The summed E-state index contributed by atoms with van der Waals surface area (Å²) in [6.07, 6.45) is 8.14. The van der Waals surface area contributed by atoms with Crippen molar-refractivity contribution >= 4 is 17.2 Å². The maximum absolute atomic E-state index is 12.9. The lowest BCUT2D eigenvalue weighted by molar-refractivity contribution is -0.135. The van der Waals surface area contributed by atoms with Gasteiger partial charge in [-0.3, -0.25) is 4.79 Å². The van der Waals surface area contributed by atoms with Crippen molar-refractivity contribution < 1.29 is 9.21 Å². The minimum atomic E-state index is 0.261. The topological polar surface area (TPSA) is 59.2 Å². The van der Waals surface area contributed by atoms with E-state index in [0.717, 1.165) is 24.3 Å². The van der Waals surface area contributed by atoms with Crippen LogP contribution in [0.25, 0.3) is 11.5 Å². The second-order valence-corrected chi connectivity index (χ2v) is 8.24. The molecule has 0 spiro atoms. The summed E-state index contributed by atoms with van der Waals surface area (Å²) in [7, 11) is 0. The average molecular weight is 359 g/mol.